The van der Waals surface area contributed by atoms with Crippen molar-refractivity contribution in [1.29, 1.82) is 0 Å². The van der Waals surface area contributed by atoms with Gasteiger partial charge in [0.05, 0.1) is 0 Å². The lowest BCUT2D eigenvalue weighted by Gasteiger charge is -2.15. The lowest BCUT2D eigenvalue weighted by molar-refractivity contribution is 0.569. The number of pyridine rings is 1. The Morgan fingerprint density at radius 3 is 2.85 bits per heavy atom. The molecular weight excluding hydrogens is 341 g/mol. The highest BCUT2D eigenvalue weighted by Gasteiger charge is 2.09. The molecule has 1 heterocycles. The van der Waals surface area contributed by atoms with Crippen molar-refractivity contribution in [3.63, 3.8) is 0 Å². The van der Waals surface area contributed by atoms with Gasteiger partial charge in [0.15, 0.2) is 0 Å². The predicted molar refractivity (Wildman–Crippen MR) is 83.9 cm³/mol. The summed E-state index contributed by atoms with van der Waals surface area (Å²) in [6.45, 7) is 0. The van der Waals surface area contributed by atoms with Crippen molar-refractivity contribution in [2.24, 2.45) is 5.84 Å². The molecule has 0 bridgehead atoms. The molecule has 0 aliphatic heterocycles. The Hall–Kier alpha value is -0.950. The zero-order valence-corrected chi connectivity index (χ0v) is 13.1. The van der Waals surface area contributed by atoms with Gasteiger partial charge in [-0.3, -0.25) is 16.3 Å². The van der Waals surface area contributed by atoms with Crippen LogP contribution in [0.15, 0.2) is 52.0 Å². The molecule has 0 amide bonds. The Balaban J connectivity index is 1.90. The van der Waals surface area contributed by atoms with E-state index in [1.54, 1.807) is 24.0 Å². The minimum absolute atomic E-state index is 0.0805. The number of hydrogen-bond donors (Lipinski definition) is 2. The molecule has 1 aromatic carbocycles. The molecule has 0 fully saturated rings. The van der Waals surface area contributed by atoms with E-state index in [1.165, 1.54) is 12.1 Å². The molecule has 0 spiro atoms. The molecule has 0 saturated heterocycles. The molecular formula is C14H15BrFN3S. The number of rotatable bonds is 6. The van der Waals surface area contributed by atoms with Gasteiger partial charge in [0, 0.05) is 39.5 Å². The number of hydrazine groups is 1. The number of nitrogens with zero attached hydrogens (tertiary/aromatic N) is 1. The molecule has 20 heavy (non-hydrogen) atoms. The number of thioether (sulfide) groups is 1. The topological polar surface area (TPSA) is 50.9 Å². The van der Waals surface area contributed by atoms with E-state index in [0.29, 0.717) is 0 Å². The van der Waals surface area contributed by atoms with Gasteiger partial charge in [-0.25, -0.2) is 4.39 Å². The van der Waals surface area contributed by atoms with Crippen LogP contribution in [0, 0.1) is 5.82 Å². The Morgan fingerprint density at radius 1 is 1.35 bits per heavy atom. The molecule has 1 atom stereocenters. The third-order valence-corrected chi connectivity index (χ3v) is 4.35. The predicted octanol–water partition coefficient (Wildman–Crippen LogP) is 3.15. The summed E-state index contributed by atoms with van der Waals surface area (Å²) in [5, 5.41) is 0. The smallest absolute Gasteiger partial charge is 0.124 e. The summed E-state index contributed by atoms with van der Waals surface area (Å²) in [4.78, 5) is 5.22. The highest BCUT2D eigenvalue weighted by Crippen LogP contribution is 2.20. The van der Waals surface area contributed by atoms with Crippen LogP contribution in [-0.2, 0) is 6.42 Å². The van der Waals surface area contributed by atoms with Gasteiger partial charge in [-0.1, -0.05) is 6.07 Å². The molecule has 0 aliphatic carbocycles. The first-order valence-electron chi connectivity index (χ1n) is 6.12. The van der Waals surface area contributed by atoms with Crippen LogP contribution < -0.4 is 11.3 Å². The number of nitrogens with one attached hydrogen (secondary N) is 1. The molecule has 0 aliphatic rings. The SMILES string of the molecule is NNC(CSc1cccc(F)c1)Cc1ccc(Br)cn1. The van der Waals surface area contributed by atoms with E-state index in [9.17, 15) is 4.39 Å². The van der Waals surface area contributed by atoms with Crippen LogP contribution in [0.5, 0.6) is 0 Å². The maximum absolute atomic E-state index is 13.1. The third kappa shape index (κ3) is 4.86. The minimum atomic E-state index is -0.221. The fourth-order valence-electron chi connectivity index (χ4n) is 1.70. The summed E-state index contributed by atoms with van der Waals surface area (Å²) in [7, 11) is 0. The summed E-state index contributed by atoms with van der Waals surface area (Å²) >= 11 is 4.92. The normalized spacial score (nSPS) is 12.3. The largest absolute Gasteiger partial charge is 0.271 e. The van der Waals surface area contributed by atoms with E-state index in [4.69, 9.17) is 5.84 Å². The fraction of sp³-hybridized carbons (Fsp3) is 0.214. The number of halogens is 2. The maximum Gasteiger partial charge on any atom is 0.124 e. The van der Waals surface area contributed by atoms with E-state index in [-0.39, 0.29) is 11.9 Å². The standard InChI is InChI=1S/C14H15BrFN3S/c15-10-4-5-12(18-8-10)7-13(19-17)9-20-14-3-1-2-11(16)6-14/h1-6,8,13,19H,7,9,17H2. The molecule has 2 rings (SSSR count). The molecule has 1 aromatic heterocycles. The zero-order valence-electron chi connectivity index (χ0n) is 10.7. The van der Waals surface area contributed by atoms with Crippen LogP contribution >= 0.6 is 27.7 Å². The van der Waals surface area contributed by atoms with Gasteiger partial charge in [0.1, 0.15) is 5.82 Å². The molecule has 2 aromatic rings. The van der Waals surface area contributed by atoms with Crippen LogP contribution in [-0.4, -0.2) is 16.8 Å². The average molecular weight is 356 g/mol. The Bertz CT molecular complexity index is 550. The second-order valence-corrected chi connectivity index (χ2v) is 6.31. The lowest BCUT2D eigenvalue weighted by atomic mass is 10.2. The number of aromatic nitrogens is 1. The van der Waals surface area contributed by atoms with Crippen molar-refractivity contribution in [2.45, 2.75) is 17.4 Å². The summed E-state index contributed by atoms with van der Waals surface area (Å²) in [6.07, 6.45) is 2.49. The average Bonchev–Trinajstić information content (AvgIpc) is 2.45. The van der Waals surface area contributed by atoms with Crippen molar-refractivity contribution in [3.05, 3.63) is 58.6 Å². The van der Waals surface area contributed by atoms with Crippen LogP contribution in [0.3, 0.4) is 0 Å². The number of nitrogens with two attached hydrogens (primary N) is 1. The second kappa shape index (κ2) is 7.73. The second-order valence-electron chi connectivity index (χ2n) is 4.30. The monoisotopic (exact) mass is 355 g/mol. The molecule has 106 valence electrons. The summed E-state index contributed by atoms with van der Waals surface area (Å²) < 4.78 is 14.0. The highest BCUT2D eigenvalue weighted by atomic mass is 79.9. The van der Waals surface area contributed by atoms with Gasteiger partial charge in [-0.15, -0.1) is 11.8 Å². The van der Waals surface area contributed by atoms with Gasteiger partial charge in [-0.2, -0.15) is 0 Å². The lowest BCUT2D eigenvalue weighted by Crippen LogP contribution is -2.38. The van der Waals surface area contributed by atoms with Crippen LogP contribution in [0.1, 0.15) is 5.69 Å². The van der Waals surface area contributed by atoms with Gasteiger partial charge in [0.25, 0.3) is 0 Å². The number of benzene rings is 1. The van der Waals surface area contributed by atoms with Crippen molar-refractivity contribution < 1.29 is 4.39 Å². The molecule has 3 nitrogen and oxygen atoms in total. The van der Waals surface area contributed by atoms with Crippen molar-refractivity contribution in [2.75, 3.05) is 5.75 Å². The van der Waals surface area contributed by atoms with E-state index in [1.807, 2.05) is 18.2 Å². The maximum atomic E-state index is 13.1. The zero-order chi connectivity index (χ0) is 14.4. The Kier molecular flexibility index (Phi) is 5.97. The molecule has 1 unspecified atom stereocenters. The van der Waals surface area contributed by atoms with E-state index in [0.717, 1.165) is 27.2 Å². The summed E-state index contributed by atoms with van der Waals surface area (Å²) in [6, 6.07) is 10.6. The summed E-state index contributed by atoms with van der Waals surface area (Å²) in [5.74, 6) is 6.10. The first-order valence-corrected chi connectivity index (χ1v) is 7.90. The number of hydrogen-bond acceptors (Lipinski definition) is 4. The van der Waals surface area contributed by atoms with Crippen LogP contribution in [0.25, 0.3) is 0 Å². The highest BCUT2D eigenvalue weighted by molar-refractivity contribution is 9.10. The summed E-state index contributed by atoms with van der Waals surface area (Å²) in [5.41, 5.74) is 3.75. The van der Waals surface area contributed by atoms with Crippen molar-refractivity contribution in [3.8, 4) is 0 Å². The first kappa shape index (κ1) is 15.4. The Morgan fingerprint density at radius 2 is 2.20 bits per heavy atom. The van der Waals surface area contributed by atoms with Gasteiger partial charge >= 0.3 is 0 Å². The molecule has 0 saturated carbocycles. The first-order chi connectivity index (χ1) is 9.67. The van der Waals surface area contributed by atoms with Crippen LogP contribution in [0.2, 0.25) is 0 Å². The van der Waals surface area contributed by atoms with Gasteiger partial charge in [0.2, 0.25) is 0 Å². The quantitative estimate of drug-likeness (QED) is 0.474. The van der Waals surface area contributed by atoms with E-state index >= 15 is 0 Å². The van der Waals surface area contributed by atoms with Crippen molar-refractivity contribution >= 4 is 27.7 Å². The molecule has 0 radical (unpaired) electrons. The third-order valence-electron chi connectivity index (χ3n) is 2.73. The molecule has 6 heteroatoms. The minimum Gasteiger partial charge on any atom is -0.271 e. The van der Waals surface area contributed by atoms with Gasteiger partial charge < -0.3 is 0 Å². The van der Waals surface area contributed by atoms with E-state index < -0.39 is 0 Å². The van der Waals surface area contributed by atoms with E-state index in [2.05, 4.69) is 26.3 Å². The van der Waals surface area contributed by atoms with Gasteiger partial charge in [-0.05, 0) is 46.3 Å². The van der Waals surface area contributed by atoms with Crippen molar-refractivity contribution in [1.82, 2.24) is 10.4 Å². The Labute approximate surface area is 130 Å². The fourth-order valence-corrected chi connectivity index (χ4v) is 2.91. The molecule has 3 N–H and O–H groups in total. The van der Waals surface area contributed by atoms with Crippen LogP contribution in [0.4, 0.5) is 4.39 Å².